The van der Waals surface area contributed by atoms with Crippen molar-refractivity contribution in [3.8, 4) is 11.5 Å². The Bertz CT molecular complexity index is 709. The van der Waals surface area contributed by atoms with E-state index < -0.39 is 11.7 Å². The highest BCUT2D eigenvalue weighted by Crippen LogP contribution is 2.22. The zero-order chi connectivity index (χ0) is 16.8. The number of amides is 1. The highest BCUT2D eigenvalue weighted by atomic mass is 16.5. The minimum absolute atomic E-state index is 0.222. The summed E-state index contributed by atoms with van der Waals surface area (Å²) in [6, 6.07) is 10.5. The number of carbonyl (C=O) groups excluding carboxylic acids is 1. The number of anilines is 1. The molecule has 0 aliphatic carbocycles. The van der Waals surface area contributed by atoms with E-state index in [2.05, 4.69) is 5.32 Å². The second-order valence-electron chi connectivity index (χ2n) is 4.86. The van der Waals surface area contributed by atoms with Gasteiger partial charge in [0, 0.05) is 17.3 Å². The van der Waals surface area contributed by atoms with Gasteiger partial charge in [-0.1, -0.05) is 6.92 Å². The van der Waals surface area contributed by atoms with Crippen LogP contribution in [0.5, 0.6) is 11.5 Å². The summed E-state index contributed by atoms with van der Waals surface area (Å²) in [6.07, 6.45) is 0.901. The number of carbonyl (C=O) groups is 2. The van der Waals surface area contributed by atoms with Crippen LogP contribution < -0.4 is 10.1 Å². The number of aromatic carboxylic acids is 1. The van der Waals surface area contributed by atoms with Gasteiger partial charge in [-0.05, 0) is 42.8 Å². The third-order valence-corrected chi connectivity index (χ3v) is 3.08. The van der Waals surface area contributed by atoms with Crippen LogP contribution in [0.4, 0.5) is 5.69 Å². The number of carboxylic acid groups (broad SMARTS) is 1. The van der Waals surface area contributed by atoms with Crippen molar-refractivity contribution in [1.82, 2.24) is 0 Å². The molecule has 2 aromatic rings. The van der Waals surface area contributed by atoms with E-state index in [0.29, 0.717) is 23.6 Å². The summed E-state index contributed by atoms with van der Waals surface area (Å²) in [4.78, 5) is 22.9. The van der Waals surface area contributed by atoms with Gasteiger partial charge in [0.15, 0.2) is 0 Å². The zero-order valence-corrected chi connectivity index (χ0v) is 12.6. The van der Waals surface area contributed by atoms with E-state index >= 15 is 0 Å². The van der Waals surface area contributed by atoms with E-state index in [0.717, 1.165) is 6.42 Å². The van der Waals surface area contributed by atoms with Crippen LogP contribution in [0, 0.1) is 0 Å². The predicted molar refractivity (Wildman–Crippen MR) is 85.2 cm³/mol. The summed E-state index contributed by atoms with van der Waals surface area (Å²) in [5, 5.41) is 21.1. The number of carboxylic acids is 1. The largest absolute Gasteiger partial charge is 0.507 e. The van der Waals surface area contributed by atoms with E-state index in [4.69, 9.17) is 9.84 Å². The Morgan fingerprint density at radius 2 is 1.83 bits per heavy atom. The van der Waals surface area contributed by atoms with Crippen molar-refractivity contribution < 1.29 is 24.5 Å². The Kier molecular flexibility index (Phi) is 5.19. The predicted octanol–water partition coefficient (Wildman–Crippen LogP) is 3.13. The molecule has 0 saturated heterocycles. The Morgan fingerprint density at radius 3 is 2.39 bits per heavy atom. The van der Waals surface area contributed by atoms with E-state index in [1.165, 1.54) is 18.2 Å². The molecule has 2 aromatic carbocycles. The lowest BCUT2D eigenvalue weighted by Crippen LogP contribution is -2.12. The van der Waals surface area contributed by atoms with Crippen molar-refractivity contribution in [1.29, 1.82) is 0 Å². The van der Waals surface area contributed by atoms with Crippen molar-refractivity contribution in [2.45, 2.75) is 13.3 Å². The van der Waals surface area contributed by atoms with Crippen molar-refractivity contribution >= 4 is 17.6 Å². The minimum atomic E-state index is -1.23. The fourth-order valence-corrected chi connectivity index (χ4v) is 1.92. The molecule has 0 aliphatic heterocycles. The SMILES string of the molecule is CCCOc1ccc(C(=O)Nc2ccc(C(=O)O)c(O)c2)cc1. The van der Waals surface area contributed by atoms with Crippen LogP contribution in [-0.2, 0) is 0 Å². The van der Waals surface area contributed by atoms with Crippen molar-refractivity contribution in [3.05, 3.63) is 53.6 Å². The first-order valence-electron chi connectivity index (χ1n) is 7.11. The smallest absolute Gasteiger partial charge is 0.339 e. The fraction of sp³-hybridized carbons (Fsp3) is 0.176. The standard InChI is InChI=1S/C17H17NO5/c1-2-9-23-13-6-3-11(4-7-13)16(20)18-12-5-8-14(17(21)22)15(19)10-12/h3-8,10,19H,2,9H2,1H3,(H,18,20)(H,21,22). The van der Waals surface area contributed by atoms with Gasteiger partial charge in [-0.3, -0.25) is 4.79 Å². The summed E-state index contributed by atoms with van der Waals surface area (Å²) in [6.45, 7) is 2.62. The number of benzene rings is 2. The zero-order valence-electron chi connectivity index (χ0n) is 12.6. The van der Waals surface area contributed by atoms with Gasteiger partial charge in [0.1, 0.15) is 17.1 Å². The second-order valence-corrected chi connectivity index (χ2v) is 4.86. The molecule has 0 heterocycles. The molecule has 23 heavy (non-hydrogen) atoms. The van der Waals surface area contributed by atoms with Crippen LogP contribution in [0.1, 0.15) is 34.1 Å². The van der Waals surface area contributed by atoms with Crippen molar-refractivity contribution in [3.63, 3.8) is 0 Å². The topological polar surface area (TPSA) is 95.9 Å². The van der Waals surface area contributed by atoms with Gasteiger partial charge < -0.3 is 20.3 Å². The first-order valence-corrected chi connectivity index (χ1v) is 7.11. The Labute approximate surface area is 133 Å². The molecule has 0 bridgehead atoms. The summed E-state index contributed by atoms with van der Waals surface area (Å²) in [7, 11) is 0. The maximum Gasteiger partial charge on any atom is 0.339 e. The maximum absolute atomic E-state index is 12.1. The quantitative estimate of drug-likeness (QED) is 0.761. The molecule has 3 N–H and O–H groups in total. The number of hydrogen-bond acceptors (Lipinski definition) is 4. The molecular weight excluding hydrogens is 298 g/mol. The number of nitrogens with one attached hydrogen (secondary N) is 1. The number of ether oxygens (including phenoxy) is 1. The number of rotatable bonds is 6. The molecular formula is C17H17NO5. The molecule has 0 fully saturated rings. The molecule has 0 unspecified atom stereocenters. The molecule has 0 atom stereocenters. The van der Waals surface area contributed by atoms with E-state index in [-0.39, 0.29) is 11.5 Å². The van der Waals surface area contributed by atoms with Crippen LogP contribution in [0.3, 0.4) is 0 Å². The van der Waals surface area contributed by atoms with Crippen LogP contribution >= 0.6 is 0 Å². The van der Waals surface area contributed by atoms with E-state index in [9.17, 15) is 14.7 Å². The Balaban J connectivity index is 2.06. The van der Waals surface area contributed by atoms with Gasteiger partial charge >= 0.3 is 5.97 Å². The van der Waals surface area contributed by atoms with Crippen molar-refractivity contribution in [2.24, 2.45) is 0 Å². The summed E-state index contributed by atoms with van der Waals surface area (Å²) < 4.78 is 5.44. The molecule has 0 radical (unpaired) electrons. The molecule has 0 spiro atoms. The van der Waals surface area contributed by atoms with E-state index in [1.54, 1.807) is 24.3 Å². The first kappa shape index (κ1) is 16.4. The van der Waals surface area contributed by atoms with Crippen molar-refractivity contribution in [2.75, 3.05) is 11.9 Å². The second kappa shape index (κ2) is 7.31. The molecule has 6 heteroatoms. The van der Waals surface area contributed by atoms with Gasteiger partial charge in [-0.2, -0.15) is 0 Å². The lowest BCUT2D eigenvalue weighted by Gasteiger charge is -2.08. The number of phenols is 1. The molecule has 0 aromatic heterocycles. The molecule has 0 saturated carbocycles. The van der Waals surface area contributed by atoms with Gasteiger partial charge in [0.2, 0.25) is 0 Å². The van der Waals surface area contributed by atoms with Crippen LogP contribution in [0.25, 0.3) is 0 Å². The highest BCUT2D eigenvalue weighted by Gasteiger charge is 2.12. The normalized spacial score (nSPS) is 10.1. The third kappa shape index (κ3) is 4.23. The molecule has 2 rings (SSSR count). The van der Waals surface area contributed by atoms with Gasteiger partial charge in [-0.25, -0.2) is 4.79 Å². The summed E-state index contributed by atoms with van der Waals surface area (Å²) in [5.41, 5.74) is 0.514. The van der Waals surface area contributed by atoms with Crippen LogP contribution in [0.2, 0.25) is 0 Å². The van der Waals surface area contributed by atoms with Crippen LogP contribution in [-0.4, -0.2) is 28.7 Å². The Hall–Kier alpha value is -3.02. The monoisotopic (exact) mass is 315 g/mol. The Morgan fingerprint density at radius 1 is 1.13 bits per heavy atom. The lowest BCUT2D eigenvalue weighted by molar-refractivity contribution is 0.0693. The number of aromatic hydroxyl groups is 1. The number of hydrogen-bond donors (Lipinski definition) is 3. The molecule has 120 valence electrons. The fourth-order valence-electron chi connectivity index (χ4n) is 1.92. The molecule has 0 aliphatic rings. The molecule has 1 amide bonds. The molecule has 6 nitrogen and oxygen atoms in total. The third-order valence-electron chi connectivity index (χ3n) is 3.08. The van der Waals surface area contributed by atoms with E-state index in [1.807, 2.05) is 6.92 Å². The average Bonchev–Trinajstić information content (AvgIpc) is 2.53. The summed E-state index contributed by atoms with van der Waals surface area (Å²) in [5.74, 6) is -1.32. The van der Waals surface area contributed by atoms with Gasteiger partial charge in [0.25, 0.3) is 5.91 Å². The average molecular weight is 315 g/mol. The van der Waals surface area contributed by atoms with Gasteiger partial charge in [-0.15, -0.1) is 0 Å². The van der Waals surface area contributed by atoms with Crippen LogP contribution in [0.15, 0.2) is 42.5 Å². The highest BCUT2D eigenvalue weighted by molar-refractivity contribution is 6.04. The summed E-state index contributed by atoms with van der Waals surface area (Å²) >= 11 is 0. The minimum Gasteiger partial charge on any atom is -0.507 e. The maximum atomic E-state index is 12.1. The first-order chi connectivity index (χ1) is 11.0. The van der Waals surface area contributed by atoms with Gasteiger partial charge in [0.05, 0.1) is 6.61 Å². The lowest BCUT2D eigenvalue weighted by atomic mass is 10.1.